The summed E-state index contributed by atoms with van der Waals surface area (Å²) in [4.78, 5) is 11.3. The third kappa shape index (κ3) is 2.58. The molecule has 0 spiro atoms. The molecule has 4 nitrogen and oxygen atoms in total. The second-order valence-electron chi connectivity index (χ2n) is 6.04. The Kier molecular flexibility index (Phi) is 3.32. The number of nitrogens with zero attached hydrogens (tertiary/aromatic N) is 3. The predicted octanol–water partition coefficient (Wildman–Crippen LogP) is 3.63. The highest BCUT2D eigenvalue weighted by atomic mass is 15.2. The van der Waals surface area contributed by atoms with E-state index in [2.05, 4.69) is 41.9 Å². The van der Waals surface area contributed by atoms with Gasteiger partial charge in [-0.3, -0.25) is 0 Å². The van der Waals surface area contributed by atoms with Crippen molar-refractivity contribution in [3.63, 3.8) is 0 Å². The fourth-order valence-electron chi connectivity index (χ4n) is 2.69. The Bertz CT molecular complexity index is 689. The lowest BCUT2D eigenvalue weighted by atomic mass is 10.1. The molecule has 0 atom stereocenters. The molecule has 2 aromatic rings. The van der Waals surface area contributed by atoms with E-state index >= 15 is 0 Å². The number of benzene rings is 1. The highest BCUT2D eigenvalue weighted by Crippen LogP contribution is 2.40. The first-order valence-corrected chi connectivity index (χ1v) is 7.42. The standard InChI is InChI=1S/C17H22N4/c1-10-5-8-14(11(2)9-10)21(4)17-12(3)15(18)19-16(20-17)13-6-7-13/h5,8-9,13H,6-7H2,1-4H3,(H2,18,19,20). The fourth-order valence-corrected chi connectivity index (χ4v) is 2.69. The van der Waals surface area contributed by atoms with E-state index in [1.54, 1.807) is 0 Å². The second kappa shape index (κ2) is 5.02. The monoisotopic (exact) mass is 282 g/mol. The molecule has 110 valence electrons. The largest absolute Gasteiger partial charge is 0.383 e. The summed E-state index contributed by atoms with van der Waals surface area (Å²) in [7, 11) is 2.04. The summed E-state index contributed by atoms with van der Waals surface area (Å²) in [6.45, 7) is 6.22. The van der Waals surface area contributed by atoms with Crippen LogP contribution in [0.15, 0.2) is 18.2 Å². The van der Waals surface area contributed by atoms with Gasteiger partial charge in [-0.2, -0.15) is 0 Å². The third-order valence-electron chi connectivity index (χ3n) is 4.15. The van der Waals surface area contributed by atoms with Gasteiger partial charge in [0.25, 0.3) is 0 Å². The zero-order chi connectivity index (χ0) is 15.1. The van der Waals surface area contributed by atoms with E-state index in [1.807, 2.05) is 14.0 Å². The van der Waals surface area contributed by atoms with Crippen LogP contribution in [0.1, 0.15) is 41.3 Å². The van der Waals surface area contributed by atoms with Gasteiger partial charge < -0.3 is 10.6 Å². The van der Waals surface area contributed by atoms with E-state index in [0.29, 0.717) is 11.7 Å². The maximum atomic E-state index is 6.09. The topological polar surface area (TPSA) is 55.0 Å². The van der Waals surface area contributed by atoms with Gasteiger partial charge in [0, 0.05) is 24.2 Å². The van der Waals surface area contributed by atoms with Gasteiger partial charge in [-0.05, 0) is 45.2 Å². The van der Waals surface area contributed by atoms with Crippen molar-refractivity contribution in [3.05, 3.63) is 40.7 Å². The molecule has 1 heterocycles. The summed E-state index contributed by atoms with van der Waals surface area (Å²) in [6, 6.07) is 6.45. The van der Waals surface area contributed by atoms with Crippen LogP contribution >= 0.6 is 0 Å². The van der Waals surface area contributed by atoms with Crippen LogP contribution in [0.2, 0.25) is 0 Å². The Morgan fingerprint density at radius 2 is 1.86 bits per heavy atom. The summed E-state index contributed by atoms with van der Waals surface area (Å²) in [5, 5.41) is 0. The Morgan fingerprint density at radius 3 is 2.48 bits per heavy atom. The van der Waals surface area contributed by atoms with E-state index in [4.69, 9.17) is 10.7 Å². The van der Waals surface area contributed by atoms with Gasteiger partial charge in [0.1, 0.15) is 17.5 Å². The molecule has 2 N–H and O–H groups in total. The fraction of sp³-hybridized carbons (Fsp3) is 0.412. The van der Waals surface area contributed by atoms with E-state index in [1.165, 1.54) is 24.0 Å². The predicted molar refractivity (Wildman–Crippen MR) is 87.1 cm³/mol. The zero-order valence-corrected chi connectivity index (χ0v) is 13.1. The summed E-state index contributed by atoms with van der Waals surface area (Å²) in [5.41, 5.74) is 10.7. The molecule has 0 saturated heterocycles. The van der Waals surface area contributed by atoms with Crippen LogP contribution in [-0.2, 0) is 0 Å². The van der Waals surface area contributed by atoms with E-state index < -0.39 is 0 Å². The molecule has 0 unspecified atom stereocenters. The molecule has 21 heavy (non-hydrogen) atoms. The number of nitrogen functional groups attached to an aromatic ring is 1. The van der Waals surface area contributed by atoms with Crippen molar-refractivity contribution < 1.29 is 0 Å². The Morgan fingerprint density at radius 1 is 1.14 bits per heavy atom. The minimum atomic E-state index is 0.499. The van der Waals surface area contributed by atoms with Gasteiger partial charge in [0.2, 0.25) is 0 Å². The van der Waals surface area contributed by atoms with Gasteiger partial charge in [0.05, 0.1) is 0 Å². The lowest BCUT2D eigenvalue weighted by Crippen LogP contribution is -2.17. The van der Waals surface area contributed by atoms with Crippen LogP contribution in [0.25, 0.3) is 0 Å². The normalized spacial score (nSPS) is 14.3. The van der Waals surface area contributed by atoms with Gasteiger partial charge in [-0.15, -0.1) is 0 Å². The number of nitrogens with two attached hydrogens (primary N) is 1. The lowest BCUT2D eigenvalue weighted by Gasteiger charge is -2.23. The molecule has 0 aliphatic heterocycles. The summed E-state index contributed by atoms with van der Waals surface area (Å²) < 4.78 is 0. The summed E-state index contributed by atoms with van der Waals surface area (Å²) in [5.74, 6) is 2.90. The smallest absolute Gasteiger partial charge is 0.141 e. The Balaban J connectivity index is 2.06. The summed E-state index contributed by atoms with van der Waals surface area (Å²) >= 11 is 0. The quantitative estimate of drug-likeness (QED) is 0.934. The van der Waals surface area contributed by atoms with E-state index in [-0.39, 0.29) is 0 Å². The van der Waals surface area contributed by atoms with Crippen molar-refractivity contribution in [2.75, 3.05) is 17.7 Å². The molecule has 1 aromatic carbocycles. The molecule has 1 aromatic heterocycles. The third-order valence-corrected chi connectivity index (χ3v) is 4.15. The van der Waals surface area contributed by atoms with Crippen LogP contribution in [0.4, 0.5) is 17.3 Å². The highest BCUT2D eigenvalue weighted by Gasteiger charge is 2.28. The van der Waals surface area contributed by atoms with Crippen LogP contribution in [-0.4, -0.2) is 17.0 Å². The Hall–Kier alpha value is -2.10. The average Bonchev–Trinajstić information content (AvgIpc) is 3.25. The Labute approximate surface area is 126 Å². The molecule has 0 amide bonds. The summed E-state index contributed by atoms with van der Waals surface area (Å²) in [6.07, 6.45) is 2.35. The zero-order valence-electron chi connectivity index (χ0n) is 13.1. The SMILES string of the molecule is Cc1ccc(N(C)c2nc(C3CC3)nc(N)c2C)c(C)c1. The van der Waals surface area contributed by atoms with E-state index in [0.717, 1.165) is 22.9 Å². The minimum absolute atomic E-state index is 0.499. The van der Waals surface area contributed by atoms with Crippen molar-refractivity contribution in [2.24, 2.45) is 0 Å². The van der Waals surface area contributed by atoms with Gasteiger partial charge >= 0.3 is 0 Å². The van der Waals surface area contributed by atoms with Crippen LogP contribution in [0, 0.1) is 20.8 Å². The minimum Gasteiger partial charge on any atom is -0.383 e. The highest BCUT2D eigenvalue weighted by molar-refractivity contribution is 5.68. The van der Waals surface area contributed by atoms with Crippen LogP contribution in [0.5, 0.6) is 0 Å². The molecule has 1 saturated carbocycles. The first kappa shape index (κ1) is 13.9. The molecular formula is C17H22N4. The van der Waals surface area contributed by atoms with Gasteiger partial charge in [-0.25, -0.2) is 9.97 Å². The second-order valence-corrected chi connectivity index (χ2v) is 6.04. The van der Waals surface area contributed by atoms with Crippen molar-refractivity contribution in [1.29, 1.82) is 0 Å². The van der Waals surface area contributed by atoms with E-state index in [9.17, 15) is 0 Å². The molecule has 3 rings (SSSR count). The van der Waals surface area contributed by atoms with Gasteiger partial charge in [-0.1, -0.05) is 17.7 Å². The van der Waals surface area contributed by atoms with Crippen molar-refractivity contribution in [1.82, 2.24) is 9.97 Å². The lowest BCUT2D eigenvalue weighted by molar-refractivity contribution is 0.909. The molecule has 1 aliphatic rings. The number of rotatable bonds is 3. The number of aryl methyl sites for hydroxylation is 2. The van der Waals surface area contributed by atoms with Crippen LogP contribution < -0.4 is 10.6 Å². The average molecular weight is 282 g/mol. The molecular weight excluding hydrogens is 260 g/mol. The molecule has 4 heteroatoms. The molecule has 0 bridgehead atoms. The first-order chi connectivity index (χ1) is 9.97. The van der Waals surface area contributed by atoms with Crippen molar-refractivity contribution in [2.45, 2.75) is 39.5 Å². The van der Waals surface area contributed by atoms with Crippen molar-refractivity contribution in [3.8, 4) is 0 Å². The number of aromatic nitrogens is 2. The van der Waals surface area contributed by atoms with Gasteiger partial charge in [0.15, 0.2) is 0 Å². The number of hydrogen-bond acceptors (Lipinski definition) is 4. The molecule has 1 aliphatic carbocycles. The maximum absolute atomic E-state index is 6.09. The molecule has 1 fully saturated rings. The number of anilines is 3. The van der Waals surface area contributed by atoms with Crippen LogP contribution in [0.3, 0.4) is 0 Å². The number of hydrogen-bond donors (Lipinski definition) is 1. The maximum Gasteiger partial charge on any atom is 0.141 e. The first-order valence-electron chi connectivity index (χ1n) is 7.42. The van der Waals surface area contributed by atoms with Crippen molar-refractivity contribution >= 4 is 17.3 Å². The molecule has 0 radical (unpaired) electrons.